The highest BCUT2D eigenvalue weighted by Gasteiger charge is 2.43. The van der Waals surface area contributed by atoms with E-state index < -0.39 is 0 Å². The molecule has 2 aromatic carbocycles. The Morgan fingerprint density at radius 1 is 1.09 bits per heavy atom. The van der Waals surface area contributed by atoms with Crippen LogP contribution in [0.2, 0.25) is 0 Å². The van der Waals surface area contributed by atoms with Crippen LogP contribution < -0.4 is 0 Å². The predicted molar refractivity (Wildman–Crippen MR) is 95.1 cm³/mol. The number of carbonyl (C=O) groups is 1. The summed E-state index contributed by atoms with van der Waals surface area (Å²) in [4.78, 5) is 15.6. The summed E-state index contributed by atoms with van der Waals surface area (Å²) in [7, 11) is 4.15. The molecule has 2 aromatic rings. The normalized spacial score (nSPS) is 20.6. The third-order valence-corrected chi connectivity index (χ3v) is 5.07. The summed E-state index contributed by atoms with van der Waals surface area (Å²) < 4.78 is 0. The largest absolute Gasteiger partial charge is 0.309 e. The third-order valence-electron chi connectivity index (χ3n) is 5.07. The molecule has 0 bridgehead atoms. The molecule has 2 heteroatoms. The Morgan fingerprint density at radius 3 is 2.61 bits per heavy atom. The highest BCUT2D eigenvalue weighted by atomic mass is 16.1. The molecule has 3 rings (SSSR count). The zero-order chi connectivity index (χ0) is 16.4. The number of rotatable bonds is 4. The van der Waals surface area contributed by atoms with Gasteiger partial charge in [0.15, 0.2) is 5.78 Å². The fourth-order valence-electron chi connectivity index (χ4n) is 3.69. The number of aryl methyl sites for hydroxylation is 2. The van der Waals surface area contributed by atoms with Gasteiger partial charge in [-0.3, -0.25) is 4.79 Å². The van der Waals surface area contributed by atoms with Crippen LogP contribution in [0, 0.1) is 6.92 Å². The van der Waals surface area contributed by atoms with Crippen molar-refractivity contribution in [2.45, 2.75) is 31.6 Å². The zero-order valence-corrected chi connectivity index (χ0v) is 14.3. The van der Waals surface area contributed by atoms with Crippen molar-refractivity contribution in [2.24, 2.45) is 0 Å². The lowest BCUT2D eigenvalue weighted by atomic mass is 9.64. The van der Waals surface area contributed by atoms with E-state index in [4.69, 9.17) is 0 Å². The molecule has 0 saturated carbocycles. The van der Waals surface area contributed by atoms with E-state index in [1.807, 2.05) is 18.2 Å². The molecule has 0 aromatic heterocycles. The van der Waals surface area contributed by atoms with Gasteiger partial charge in [0.25, 0.3) is 0 Å². The number of benzene rings is 2. The molecule has 1 unspecified atom stereocenters. The zero-order valence-electron chi connectivity index (χ0n) is 14.3. The maximum Gasteiger partial charge on any atom is 0.173 e. The summed E-state index contributed by atoms with van der Waals surface area (Å²) in [6.45, 7) is 3.02. The van der Waals surface area contributed by atoms with Gasteiger partial charge < -0.3 is 4.90 Å². The Balaban J connectivity index is 2.08. The smallest absolute Gasteiger partial charge is 0.173 e. The summed E-state index contributed by atoms with van der Waals surface area (Å²) in [5, 5.41) is 0. The molecule has 0 radical (unpaired) electrons. The second-order valence-corrected chi connectivity index (χ2v) is 6.99. The first-order chi connectivity index (χ1) is 11.0. The molecule has 1 aliphatic rings. The molecular weight excluding hydrogens is 282 g/mol. The van der Waals surface area contributed by atoms with Crippen molar-refractivity contribution in [1.29, 1.82) is 0 Å². The molecule has 23 heavy (non-hydrogen) atoms. The van der Waals surface area contributed by atoms with Gasteiger partial charge in [-0.1, -0.05) is 54.1 Å². The lowest BCUT2D eigenvalue weighted by Crippen LogP contribution is -2.42. The second kappa shape index (κ2) is 6.29. The summed E-state index contributed by atoms with van der Waals surface area (Å²) in [6, 6.07) is 16.6. The SMILES string of the molecule is Cc1cccc(C2(CCN(C)C)CCc3ccccc3C2=O)c1. The molecule has 0 amide bonds. The predicted octanol–water partition coefficient (Wildman–Crippen LogP) is 4.01. The minimum Gasteiger partial charge on any atom is -0.309 e. The van der Waals surface area contributed by atoms with E-state index in [2.05, 4.69) is 56.3 Å². The topological polar surface area (TPSA) is 20.3 Å². The van der Waals surface area contributed by atoms with Crippen LogP contribution in [0.1, 0.15) is 39.9 Å². The molecular formula is C21H25NO. The number of carbonyl (C=O) groups excluding carboxylic acids is 1. The third kappa shape index (κ3) is 2.96. The molecule has 0 fully saturated rings. The van der Waals surface area contributed by atoms with Crippen LogP contribution in [-0.4, -0.2) is 31.3 Å². The van der Waals surface area contributed by atoms with Gasteiger partial charge in [-0.15, -0.1) is 0 Å². The summed E-state index contributed by atoms with van der Waals surface area (Å²) >= 11 is 0. The standard InChI is InChI=1S/C21H25NO/c1-16-7-6-9-18(15-16)21(13-14-22(2)3)12-11-17-8-4-5-10-19(17)20(21)23/h4-10,15H,11-14H2,1-3H3. The maximum absolute atomic E-state index is 13.4. The molecule has 0 aliphatic heterocycles. The van der Waals surface area contributed by atoms with Crippen molar-refractivity contribution in [3.63, 3.8) is 0 Å². The van der Waals surface area contributed by atoms with Crippen LogP contribution in [0.4, 0.5) is 0 Å². The first-order valence-electron chi connectivity index (χ1n) is 8.37. The number of hydrogen-bond donors (Lipinski definition) is 0. The fourth-order valence-corrected chi connectivity index (χ4v) is 3.69. The van der Waals surface area contributed by atoms with Gasteiger partial charge in [0, 0.05) is 5.56 Å². The Kier molecular flexibility index (Phi) is 4.36. The summed E-state index contributed by atoms with van der Waals surface area (Å²) in [5.74, 6) is 0.298. The number of hydrogen-bond acceptors (Lipinski definition) is 2. The second-order valence-electron chi connectivity index (χ2n) is 6.99. The molecule has 0 N–H and O–H groups in total. The first-order valence-corrected chi connectivity index (χ1v) is 8.37. The van der Waals surface area contributed by atoms with Crippen LogP contribution in [0.15, 0.2) is 48.5 Å². The number of Topliss-reactive ketones (excluding diaryl/α,β-unsaturated/α-hetero) is 1. The Labute approximate surface area is 139 Å². The van der Waals surface area contributed by atoms with E-state index in [1.54, 1.807) is 0 Å². The van der Waals surface area contributed by atoms with Crippen molar-refractivity contribution in [3.05, 3.63) is 70.8 Å². The van der Waals surface area contributed by atoms with E-state index in [0.717, 1.165) is 31.4 Å². The number of nitrogens with zero attached hydrogens (tertiary/aromatic N) is 1. The Hall–Kier alpha value is -1.93. The molecule has 1 atom stereocenters. The van der Waals surface area contributed by atoms with Crippen molar-refractivity contribution >= 4 is 5.78 Å². The first kappa shape index (κ1) is 15.9. The van der Waals surface area contributed by atoms with Gasteiger partial charge in [-0.05, 0) is 58.0 Å². The van der Waals surface area contributed by atoms with Crippen LogP contribution >= 0.6 is 0 Å². The van der Waals surface area contributed by atoms with Gasteiger partial charge in [-0.2, -0.15) is 0 Å². The van der Waals surface area contributed by atoms with Crippen molar-refractivity contribution in [3.8, 4) is 0 Å². The average molecular weight is 307 g/mol. The molecule has 0 heterocycles. The van der Waals surface area contributed by atoms with Crippen LogP contribution in [0.5, 0.6) is 0 Å². The molecule has 0 spiro atoms. The lowest BCUT2D eigenvalue weighted by molar-refractivity contribution is 0.0840. The molecule has 1 aliphatic carbocycles. The van der Waals surface area contributed by atoms with E-state index in [-0.39, 0.29) is 5.41 Å². The van der Waals surface area contributed by atoms with Crippen molar-refractivity contribution < 1.29 is 4.79 Å². The van der Waals surface area contributed by atoms with Crippen molar-refractivity contribution in [2.75, 3.05) is 20.6 Å². The van der Waals surface area contributed by atoms with Crippen molar-refractivity contribution in [1.82, 2.24) is 4.90 Å². The van der Waals surface area contributed by atoms with Gasteiger partial charge in [0.1, 0.15) is 0 Å². The van der Waals surface area contributed by atoms with Crippen LogP contribution in [0.25, 0.3) is 0 Å². The minimum absolute atomic E-state index is 0.298. The minimum atomic E-state index is -0.384. The van der Waals surface area contributed by atoms with Gasteiger partial charge >= 0.3 is 0 Å². The summed E-state index contributed by atoms with van der Waals surface area (Å²) in [6.07, 6.45) is 2.75. The number of fused-ring (bicyclic) bond motifs is 1. The van der Waals surface area contributed by atoms with E-state index in [1.165, 1.54) is 16.7 Å². The quantitative estimate of drug-likeness (QED) is 0.850. The fraction of sp³-hybridized carbons (Fsp3) is 0.381. The van der Waals surface area contributed by atoms with Gasteiger partial charge in [0.05, 0.1) is 5.41 Å². The maximum atomic E-state index is 13.4. The monoisotopic (exact) mass is 307 g/mol. The number of ketones is 1. The van der Waals surface area contributed by atoms with E-state index >= 15 is 0 Å². The Morgan fingerprint density at radius 2 is 1.87 bits per heavy atom. The molecule has 0 saturated heterocycles. The van der Waals surface area contributed by atoms with E-state index in [0.29, 0.717) is 5.78 Å². The molecule has 120 valence electrons. The van der Waals surface area contributed by atoms with Crippen LogP contribution in [-0.2, 0) is 11.8 Å². The van der Waals surface area contributed by atoms with E-state index in [9.17, 15) is 4.79 Å². The summed E-state index contributed by atoms with van der Waals surface area (Å²) in [5.41, 5.74) is 4.13. The Bertz CT molecular complexity index is 719. The average Bonchev–Trinajstić information content (AvgIpc) is 2.55. The highest BCUT2D eigenvalue weighted by molar-refractivity contribution is 6.06. The highest BCUT2D eigenvalue weighted by Crippen LogP contribution is 2.41. The van der Waals surface area contributed by atoms with Gasteiger partial charge in [-0.25, -0.2) is 0 Å². The van der Waals surface area contributed by atoms with Crippen LogP contribution in [0.3, 0.4) is 0 Å². The van der Waals surface area contributed by atoms with Gasteiger partial charge in [0.2, 0.25) is 0 Å². The molecule has 2 nitrogen and oxygen atoms in total. The lowest BCUT2D eigenvalue weighted by Gasteiger charge is -2.38.